The molecule has 0 bridgehead atoms. The van der Waals surface area contributed by atoms with Gasteiger partial charge < -0.3 is 14.7 Å². The van der Waals surface area contributed by atoms with Crippen LogP contribution in [0.5, 0.6) is 5.75 Å². The summed E-state index contributed by atoms with van der Waals surface area (Å²) < 4.78 is 7.64. The molecule has 4 aromatic rings. The van der Waals surface area contributed by atoms with E-state index in [1.165, 1.54) is 5.56 Å². The number of piperidine rings is 1. The van der Waals surface area contributed by atoms with Crippen molar-refractivity contribution < 1.29 is 9.84 Å². The molecule has 6 rings (SSSR count). The third-order valence-corrected chi connectivity index (χ3v) is 7.10. The van der Waals surface area contributed by atoms with Gasteiger partial charge in [-0.2, -0.15) is 5.10 Å². The lowest BCUT2D eigenvalue weighted by Gasteiger charge is -2.32. The summed E-state index contributed by atoms with van der Waals surface area (Å²) in [6.07, 6.45) is 7.93. The Balaban J connectivity index is 1.31. The van der Waals surface area contributed by atoms with Crippen LogP contribution in [0.15, 0.2) is 61.1 Å². The molecule has 35 heavy (non-hydrogen) atoms. The van der Waals surface area contributed by atoms with Gasteiger partial charge in [-0.3, -0.25) is 9.88 Å². The number of hydrogen-bond acceptors (Lipinski definition) is 7. The number of anilines is 1. The molecule has 180 valence electrons. The first-order valence-corrected chi connectivity index (χ1v) is 12.4. The molecule has 0 saturated carbocycles. The average Bonchev–Trinajstić information content (AvgIpc) is 3.34. The van der Waals surface area contributed by atoms with Gasteiger partial charge in [-0.25, -0.2) is 9.50 Å². The fraction of sp³-hybridized carbons (Fsp3) is 0.370. The topological polar surface area (TPSA) is 79.0 Å². The summed E-state index contributed by atoms with van der Waals surface area (Å²) in [6.45, 7) is 6.08. The van der Waals surface area contributed by atoms with Gasteiger partial charge >= 0.3 is 0 Å². The predicted octanol–water partition coefficient (Wildman–Crippen LogP) is 3.71. The quantitative estimate of drug-likeness (QED) is 0.476. The van der Waals surface area contributed by atoms with Crippen LogP contribution in [0, 0.1) is 0 Å². The molecule has 8 heteroatoms. The summed E-state index contributed by atoms with van der Waals surface area (Å²) in [5.41, 5.74) is 6.12. The Labute approximate surface area is 204 Å². The summed E-state index contributed by atoms with van der Waals surface area (Å²) in [6, 6.07) is 13.6. The zero-order valence-corrected chi connectivity index (χ0v) is 19.8. The van der Waals surface area contributed by atoms with E-state index in [0.717, 1.165) is 73.9 Å². The number of benzene rings is 1. The van der Waals surface area contributed by atoms with E-state index in [1.807, 2.05) is 41.3 Å². The number of nitrogens with zero attached hydrogens (tertiary/aromatic N) is 6. The van der Waals surface area contributed by atoms with E-state index < -0.39 is 0 Å². The highest BCUT2D eigenvalue weighted by molar-refractivity contribution is 5.75. The van der Waals surface area contributed by atoms with Crippen LogP contribution in [0.1, 0.15) is 30.0 Å². The van der Waals surface area contributed by atoms with E-state index in [0.29, 0.717) is 19.1 Å². The highest BCUT2D eigenvalue weighted by atomic mass is 16.5. The lowest BCUT2D eigenvalue weighted by atomic mass is 9.94. The van der Waals surface area contributed by atoms with E-state index in [1.54, 1.807) is 12.1 Å². The van der Waals surface area contributed by atoms with Crippen LogP contribution in [-0.4, -0.2) is 69.0 Å². The van der Waals surface area contributed by atoms with Crippen molar-refractivity contribution in [3.05, 3.63) is 72.3 Å². The lowest BCUT2D eigenvalue weighted by Crippen LogP contribution is -2.36. The van der Waals surface area contributed by atoms with Gasteiger partial charge in [0.1, 0.15) is 5.75 Å². The van der Waals surface area contributed by atoms with Crippen LogP contribution in [0.25, 0.3) is 16.9 Å². The number of ether oxygens (including phenoxy) is 1. The van der Waals surface area contributed by atoms with Gasteiger partial charge in [-0.05, 0) is 55.8 Å². The third kappa shape index (κ3) is 4.59. The monoisotopic (exact) mass is 470 g/mol. The standard InChI is InChI=1S/C27H30N6O2/c34-23-5-1-4-22(15-23)24-16-25(32-11-13-35-14-12-32)27-29-18-26(33(27)30-24)21-6-9-31(10-7-21)19-20-3-2-8-28-17-20/h1-5,8,15-18,21,34H,6-7,9-14,19H2. The SMILES string of the molecule is Oc1cccc(-c2cc(N3CCOCC3)c3ncc(C4CCN(Cc5cccnc5)CC4)n3n2)c1. The van der Waals surface area contributed by atoms with Crippen molar-refractivity contribution in [1.82, 2.24) is 24.5 Å². The minimum atomic E-state index is 0.240. The smallest absolute Gasteiger partial charge is 0.177 e. The van der Waals surface area contributed by atoms with E-state index in [2.05, 4.69) is 26.9 Å². The fourth-order valence-corrected chi connectivity index (χ4v) is 5.23. The number of fused-ring (bicyclic) bond motifs is 1. The number of morpholine rings is 1. The van der Waals surface area contributed by atoms with Crippen LogP contribution in [0.4, 0.5) is 5.69 Å². The summed E-state index contributed by atoms with van der Waals surface area (Å²) in [5.74, 6) is 0.642. The number of phenols is 1. The normalized spacial score (nSPS) is 17.8. The molecule has 2 aliphatic heterocycles. The molecular weight excluding hydrogens is 440 g/mol. The molecule has 5 heterocycles. The van der Waals surface area contributed by atoms with E-state index >= 15 is 0 Å². The molecule has 1 N–H and O–H groups in total. The predicted molar refractivity (Wildman–Crippen MR) is 135 cm³/mol. The summed E-state index contributed by atoms with van der Waals surface area (Å²) in [5, 5.41) is 15.1. The number of aromatic nitrogens is 4. The van der Waals surface area contributed by atoms with E-state index in [-0.39, 0.29) is 5.75 Å². The average molecular weight is 471 g/mol. The van der Waals surface area contributed by atoms with Crippen molar-refractivity contribution in [1.29, 1.82) is 0 Å². The van der Waals surface area contributed by atoms with E-state index in [9.17, 15) is 5.11 Å². The molecule has 8 nitrogen and oxygen atoms in total. The van der Waals surface area contributed by atoms with Crippen molar-refractivity contribution in [3.63, 3.8) is 0 Å². The van der Waals surface area contributed by atoms with Gasteiger partial charge in [0.25, 0.3) is 0 Å². The molecule has 2 saturated heterocycles. The van der Waals surface area contributed by atoms with Crippen molar-refractivity contribution in [2.45, 2.75) is 25.3 Å². The molecule has 2 fully saturated rings. The molecular formula is C27H30N6O2. The molecule has 3 aromatic heterocycles. The maximum absolute atomic E-state index is 10.1. The van der Waals surface area contributed by atoms with Gasteiger partial charge in [0.05, 0.1) is 36.5 Å². The first-order chi connectivity index (χ1) is 17.2. The summed E-state index contributed by atoms with van der Waals surface area (Å²) in [4.78, 5) is 13.9. The maximum atomic E-state index is 10.1. The molecule has 1 aromatic carbocycles. The Morgan fingerprint density at radius 2 is 1.83 bits per heavy atom. The Hall–Kier alpha value is -3.49. The van der Waals surface area contributed by atoms with Gasteiger partial charge in [-0.15, -0.1) is 0 Å². The first-order valence-electron chi connectivity index (χ1n) is 12.4. The Kier molecular flexibility index (Phi) is 6.06. The van der Waals surface area contributed by atoms with Crippen LogP contribution < -0.4 is 4.90 Å². The van der Waals surface area contributed by atoms with Gasteiger partial charge in [0.2, 0.25) is 0 Å². The molecule has 2 aliphatic rings. The number of pyridine rings is 1. The zero-order chi connectivity index (χ0) is 23.6. The minimum absolute atomic E-state index is 0.240. The Morgan fingerprint density at radius 1 is 0.971 bits per heavy atom. The molecule has 0 aliphatic carbocycles. The molecule has 0 radical (unpaired) electrons. The van der Waals surface area contributed by atoms with Crippen LogP contribution in [0.2, 0.25) is 0 Å². The summed E-state index contributed by atoms with van der Waals surface area (Å²) >= 11 is 0. The van der Waals surface area contributed by atoms with Gasteiger partial charge in [-0.1, -0.05) is 18.2 Å². The second-order valence-corrected chi connectivity index (χ2v) is 9.39. The Bertz CT molecular complexity index is 1290. The molecule has 0 amide bonds. The van der Waals surface area contributed by atoms with Crippen LogP contribution in [0.3, 0.4) is 0 Å². The van der Waals surface area contributed by atoms with Gasteiger partial charge in [0, 0.05) is 43.5 Å². The number of hydrogen-bond donors (Lipinski definition) is 1. The van der Waals surface area contributed by atoms with Crippen LogP contribution in [-0.2, 0) is 11.3 Å². The van der Waals surface area contributed by atoms with Gasteiger partial charge in [0.15, 0.2) is 5.65 Å². The number of imidazole rings is 1. The molecule has 0 unspecified atom stereocenters. The minimum Gasteiger partial charge on any atom is -0.508 e. The Morgan fingerprint density at radius 3 is 2.60 bits per heavy atom. The highest BCUT2D eigenvalue weighted by Gasteiger charge is 2.26. The summed E-state index contributed by atoms with van der Waals surface area (Å²) in [7, 11) is 0. The fourth-order valence-electron chi connectivity index (χ4n) is 5.23. The lowest BCUT2D eigenvalue weighted by molar-refractivity contribution is 0.123. The second-order valence-electron chi connectivity index (χ2n) is 9.39. The third-order valence-electron chi connectivity index (χ3n) is 7.10. The largest absolute Gasteiger partial charge is 0.508 e. The number of phenolic OH excluding ortho intramolecular Hbond substituents is 1. The van der Waals surface area contributed by atoms with E-state index in [4.69, 9.17) is 14.8 Å². The first kappa shape index (κ1) is 22.0. The highest BCUT2D eigenvalue weighted by Crippen LogP contribution is 2.33. The van der Waals surface area contributed by atoms with Crippen molar-refractivity contribution in [3.8, 4) is 17.0 Å². The zero-order valence-electron chi connectivity index (χ0n) is 19.8. The molecule has 0 spiro atoms. The number of rotatable bonds is 5. The van der Waals surface area contributed by atoms with Crippen molar-refractivity contribution in [2.24, 2.45) is 0 Å². The number of likely N-dealkylation sites (tertiary alicyclic amines) is 1. The van der Waals surface area contributed by atoms with Crippen molar-refractivity contribution >= 4 is 11.3 Å². The number of aromatic hydroxyl groups is 1. The second kappa shape index (κ2) is 9.64. The van der Waals surface area contributed by atoms with Crippen LogP contribution >= 0.6 is 0 Å². The molecule has 0 atom stereocenters. The van der Waals surface area contributed by atoms with Crippen molar-refractivity contribution in [2.75, 3.05) is 44.3 Å². The maximum Gasteiger partial charge on any atom is 0.177 e.